The number of benzene rings is 1. The molecule has 0 atom stereocenters. The molecular weight excluding hydrogens is 232 g/mol. The number of fused-ring (bicyclic) bond motifs is 1. The Morgan fingerprint density at radius 2 is 2.17 bits per heavy atom. The number of carbonyl (C=O) groups is 1. The molecule has 0 radical (unpaired) electrons. The van der Waals surface area contributed by atoms with Crippen LogP contribution in [0.15, 0.2) is 18.2 Å². The molecule has 1 heterocycles. The third-order valence-electron chi connectivity index (χ3n) is 2.79. The number of nitrogens with one attached hydrogen (secondary N) is 1. The van der Waals surface area contributed by atoms with Gasteiger partial charge in [-0.25, -0.2) is 0 Å². The van der Waals surface area contributed by atoms with Crippen molar-refractivity contribution in [3.05, 3.63) is 23.8 Å². The van der Waals surface area contributed by atoms with Crippen molar-refractivity contribution in [3.8, 4) is 17.6 Å². The molecule has 1 amide bonds. The second-order valence-electron chi connectivity index (χ2n) is 4.58. The smallest absolute Gasteiger partial charge is 0.234 e. The molecule has 0 aromatic heterocycles. The molecule has 1 aromatic rings. The van der Waals surface area contributed by atoms with Gasteiger partial charge in [0, 0.05) is 0 Å². The van der Waals surface area contributed by atoms with Crippen molar-refractivity contribution < 1.29 is 14.3 Å². The summed E-state index contributed by atoms with van der Waals surface area (Å²) in [5.41, 5.74) is 0.340. The van der Waals surface area contributed by atoms with Crippen LogP contribution in [-0.2, 0) is 10.3 Å². The van der Waals surface area contributed by atoms with Crippen molar-refractivity contribution in [3.63, 3.8) is 0 Å². The monoisotopic (exact) mass is 246 g/mol. The van der Waals surface area contributed by atoms with Crippen LogP contribution >= 0.6 is 0 Å². The second kappa shape index (κ2) is 4.57. The van der Waals surface area contributed by atoms with E-state index in [1.165, 1.54) is 0 Å². The Labute approximate surface area is 105 Å². The largest absolute Gasteiger partial charge is 0.454 e. The molecule has 5 heteroatoms. The van der Waals surface area contributed by atoms with Gasteiger partial charge in [-0.2, -0.15) is 5.26 Å². The molecule has 0 spiro atoms. The van der Waals surface area contributed by atoms with Crippen molar-refractivity contribution in [2.24, 2.45) is 0 Å². The highest BCUT2D eigenvalue weighted by Crippen LogP contribution is 2.35. The number of nitrogens with zero attached hydrogens (tertiary/aromatic N) is 1. The number of carbonyl (C=O) groups excluding carboxylic acids is 1. The van der Waals surface area contributed by atoms with E-state index in [4.69, 9.17) is 14.7 Å². The quantitative estimate of drug-likeness (QED) is 0.880. The van der Waals surface area contributed by atoms with Gasteiger partial charge in [0.25, 0.3) is 0 Å². The van der Waals surface area contributed by atoms with E-state index in [0.717, 1.165) is 5.56 Å². The zero-order valence-electron chi connectivity index (χ0n) is 10.3. The Morgan fingerprint density at radius 1 is 1.44 bits per heavy atom. The van der Waals surface area contributed by atoms with E-state index in [9.17, 15) is 4.79 Å². The Morgan fingerprint density at radius 3 is 2.89 bits per heavy atom. The lowest BCUT2D eigenvalue weighted by molar-refractivity contribution is -0.121. The number of amides is 1. The van der Waals surface area contributed by atoms with E-state index in [1.807, 2.05) is 38.1 Å². The van der Waals surface area contributed by atoms with Crippen LogP contribution in [0.3, 0.4) is 0 Å². The number of ether oxygens (including phenoxy) is 2. The fraction of sp³-hybridized carbons (Fsp3) is 0.385. The SMILES string of the molecule is CC(C)(NC(=O)CC#N)c1ccc2c(c1)OCO2. The number of hydrogen-bond donors (Lipinski definition) is 1. The highest BCUT2D eigenvalue weighted by Gasteiger charge is 2.25. The van der Waals surface area contributed by atoms with E-state index in [2.05, 4.69) is 5.32 Å². The lowest BCUT2D eigenvalue weighted by atomic mass is 9.93. The van der Waals surface area contributed by atoms with Gasteiger partial charge in [-0.3, -0.25) is 4.79 Å². The van der Waals surface area contributed by atoms with Crippen LogP contribution in [0.4, 0.5) is 0 Å². The first kappa shape index (κ1) is 12.2. The molecular formula is C13H14N2O3. The number of nitriles is 1. The van der Waals surface area contributed by atoms with Crippen LogP contribution in [0.2, 0.25) is 0 Å². The summed E-state index contributed by atoms with van der Waals surface area (Å²) < 4.78 is 10.5. The highest BCUT2D eigenvalue weighted by molar-refractivity contribution is 5.79. The summed E-state index contributed by atoms with van der Waals surface area (Å²) in [6.45, 7) is 3.97. The third kappa shape index (κ3) is 2.38. The molecule has 18 heavy (non-hydrogen) atoms. The summed E-state index contributed by atoms with van der Waals surface area (Å²) in [7, 11) is 0. The number of hydrogen-bond acceptors (Lipinski definition) is 4. The maximum absolute atomic E-state index is 11.5. The minimum absolute atomic E-state index is 0.145. The average molecular weight is 246 g/mol. The van der Waals surface area contributed by atoms with E-state index in [-0.39, 0.29) is 19.1 Å². The van der Waals surface area contributed by atoms with E-state index < -0.39 is 5.54 Å². The molecule has 94 valence electrons. The van der Waals surface area contributed by atoms with Gasteiger partial charge >= 0.3 is 0 Å². The summed E-state index contributed by atoms with van der Waals surface area (Å²) >= 11 is 0. The van der Waals surface area contributed by atoms with Gasteiger partial charge in [-0.05, 0) is 31.5 Å². The summed E-state index contributed by atoms with van der Waals surface area (Å²) in [4.78, 5) is 11.5. The molecule has 5 nitrogen and oxygen atoms in total. The predicted molar refractivity (Wildman–Crippen MR) is 64.0 cm³/mol. The van der Waals surface area contributed by atoms with Crippen LogP contribution in [0.25, 0.3) is 0 Å². The predicted octanol–water partition coefficient (Wildman–Crippen LogP) is 1.68. The van der Waals surface area contributed by atoms with Crippen LogP contribution < -0.4 is 14.8 Å². The van der Waals surface area contributed by atoms with Crippen LogP contribution in [-0.4, -0.2) is 12.7 Å². The molecule has 0 bridgehead atoms. The first-order chi connectivity index (χ1) is 8.53. The van der Waals surface area contributed by atoms with E-state index >= 15 is 0 Å². The molecule has 2 rings (SSSR count). The standard InChI is InChI=1S/C13H14N2O3/c1-13(2,15-12(16)5-6-14)9-3-4-10-11(7-9)18-8-17-10/h3-4,7H,5,8H2,1-2H3,(H,15,16). The van der Waals surface area contributed by atoms with Crippen LogP contribution in [0.1, 0.15) is 25.8 Å². The van der Waals surface area contributed by atoms with Crippen LogP contribution in [0.5, 0.6) is 11.5 Å². The second-order valence-corrected chi connectivity index (χ2v) is 4.58. The molecule has 1 N–H and O–H groups in total. The van der Waals surface area contributed by atoms with Crippen molar-refractivity contribution in [1.82, 2.24) is 5.32 Å². The van der Waals surface area contributed by atoms with Crippen LogP contribution in [0, 0.1) is 11.3 Å². The van der Waals surface area contributed by atoms with Gasteiger partial charge in [-0.15, -0.1) is 0 Å². The Bertz CT molecular complexity index is 517. The van der Waals surface area contributed by atoms with Crippen molar-refractivity contribution >= 4 is 5.91 Å². The van der Waals surface area contributed by atoms with E-state index in [1.54, 1.807) is 0 Å². The van der Waals surface area contributed by atoms with E-state index in [0.29, 0.717) is 11.5 Å². The molecule has 0 unspecified atom stereocenters. The van der Waals surface area contributed by atoms with Gasteiger partial charge in [0.05, 0.1) is 11.6 Å². The molecule has 0 saturated heterocycles. The van der Waals surface area contributed by atoms with Gasteiger partial charge in [0.15, 0.2) is 11.5 Å². The number of rotatable bonds is 3. The zero-order chi connectivity index (χ0) is 13.2. The Kier molecular flexibility index (Phi) is 3.11. The topological polar surface area (TPSA) is 71.4 Å². The normalized spacial score (nSPS) is 12.9. The van der Waals surface area contributed by atoms with Gasteiger partial charge in [0.1, 0.15) is 6.42 Å². The highest BCUT2D eigenvalue weighted by atomic mass is 16.7. The maximum atomic E-state index is 11.5. The zero-order valence-corrected chi connectivity index (χ0v) is 10.3. The minimum Gasteiger partial charge on any atom is -0.454 e. The molecule has 1 aliphatic rings. The first-order valence-electron chi connectivity index (χ1n) is 5.61. The van der Waals surface area contributed by atoms with Crippen molar-refractivity contribution in [1.29, 1.82) is 5.26 Å². The van der Waals surface area contributed by atoms with Crippen molar-refractivity contribution in [2.75, 3.05) is 6.79 Å². The Hall–Kier alpha value is -2.22. The molecule has 1 aromatic carbocycles. The summed E-state index contributed by atoms with van der Waals surface area (Å²) in [6, 6.07) is 7.36. The summed E-state index contributed by atoms with van der Waals surface area (Å²) in [6.07, 6.45) is -0.145. The van der Waals surface area contributed by atoms with Gasteiger partial charge < -0.3 is 14.8 Å². The van der Waals surface area contributed by atoms with Gasteiger partial charge in [0.2, 0.25) is 12.7 Å². The first-order valence-corrected chi connectivity index (χ1v) is 5.61. The molecule has 0 fully saturated rings. The summed E-state index contributed by atoms with van der Waals surface area (Å²) in [5, 5.41) is 11.3. The fourth-order valence-corrected chi connectivity index (χ4v) is 1.82. The molecule has 1 aliphatic heterocycles. The lowest BCUT2D eigenvalue weighted by Crippen LogP contribution is -2.40. The fourth-order valence-electron chi connectivity index (χ4n) is 1.82. The minimum atomic E-state index is -0.561. The summed E-state index contributed by atoms with van der Waals surface area (Å²) in [5.74, 6) is 1.09. The Balaban J connectivity index is 2.19. The third-order valence-corrected chi connectivity index (χ3v) is 2.79. The molecule has 0 saturated carbocycles. The van der Waals surface area contributed by atoms with Crippen molar-refractivity contribution in [2.45, 2.75) is 25.8 Å². The average Bonchev–Trinajstić information content (AvgIpc) is 2.75. The maximum Gasteiger partial charge on any atom is 0.234 e. The molecule has 0 aliphatic carbocycles. The van der Waals surface area contributed by atoms with Gasteiger partial charge in [-0.1, -0.05) is 6.07 Å². The lowest BCUT2D eigenvalue weighted by Gasteiger charge is -2.26.